The van der Waals surface area contributed by atoms with Crippen LogP contribution in [0.5, 0.6) is 5.75 Å². The molecule has 11 nitrogen and oxygen atoms in total. The van der Waals surface area contributed by atoms with E-state index in [0.717, 1.165) is 0 Å². The fourth-order valence-electron chi connectivity index (χ4n) is 3.36. The van der Waals surface area contributed by atoms with E-state index in [9.17, 15) is 29.9 Å². The summed E-state index contributed by atoms with van der Waals surface area (Å²) in [6.07, 6.45) is 0. The van der Waals surface area contributed by atoms with Gasteiger partial charge in [0.15, 0.2) is 5.75 Å². The summed E-state index contributed by atoms with van der Waals surface area (Å²) in [7, 11) is 1.33. The molecule has 11 heteroatoms. The average Bonchev–Trinajstić information content (AvgIpc) is 2.88. The monoisotopic (exact) mass is 472 g/mol. The number of hydrogen-bond acceptors (Lipinski definition) is 8. The summed E-state index contributed by atoms with van der Waals surface area (Å²) < 4.78 is 5.07. The van der Waals surface area contributed by atoms with Gasteiger partial charge in [-0.05, 0) is 53.6 Å². The highest BCUT2D eigenvalue weighted by molar-refractivity contribution is 5.87. The van der Waals surface area contributed by atoms with Crippen LogP contribution in [0.1, 0.15) is 21.0 Å². The van der Waals surface area contributed by atoms with Crippen LogP contribution in [0.3, 0.4) is 0 Å². The molecule has 0 spiro atoms. The Morgan fingerprint density at radius 1 is 0.771 bits per heavy atom. The maximum absolute atomic E-state index is 11.5. The molecule has 0 saturated carbocycles. The van der Waals surface area contributed by atoms with Crippen molar-refractivity contribution < 1.29 is 29.5 Å². The second-order valence-corrected chi connectivity index (χ2v) is 7.20. The van der Waals surface area contributed by atoms with Crippen molar-refractivity contribution >= 4 is 17.6 Å². The first-order valence-electron chi connectivity index (χ1n) is 10.0. The van der Waals surface area contributed by atoms with E-state index < -0.39 is 16.9 Å². The van der Waals surface area contributed by atoms with E-state index in [1.165, 1.54) is 43.5 Å². The predicted octanol–water partition coefficient (Wildman–Crippen LogP) is 4.19. The van der Waals surface area contributed by atoms with Gasteiger partial charge in [0, 0.05) is 6.07 Å². The van der Waals surface area contributed by atoms with Crippen molar-refractivity contribution in [1.82, 2.24) is 15.0 Å². The average molecular weight is 472 g/mol. The molecule has 0 saturated heterocycles. The van der Waals surface area contributed by atoms with Gasteiger partial charge in [-0.2, -0.15) is 0 Å². The lowest BCUT2D eigenvalue weighted by molar-refractivity contribution is -0.385. The molecule has 4 aromatic rings. The minimum Gasteiger partial charge on any atom is -0.490 e. The first kappa shape index (κ1) is 23.0. The van der Waals surface area contributed by atoms with E-state index in [2.05, 4.69) is 15.0 Å². The number of ether oxygens (including phenoxy) is 1. The molecule has 4 rings (SSSR count). The molecule has 0 bridgehead atoms. The van der Waals surface area contributed by atoms with Crippen LogP contribution in [0.4, 0.5) is 5.69 Å². The van der Waals surface area contributed by atoms with Crippen molar-refractivity contribution in [3.8, 4) is 39.7 Å². The summed E-state index contributed by atoms with van der Waals surface area (Å²) in [6.45, 7) is 0. The number of nitrogens with zero attached hydrogens (tertiary/aromatic N) is 4. The zero-order chi connectivity index (χ0) is 25.1. The molecule has 0 aliphatic rings. The third kappa shape index (κ3) is 4.78. The highest BCUT2D eigenvalue weighted by Gasteiger charge is 2.18. The molecule has 0 amide bonds. The Balaban J connectivity index is 1.95. The van der Waals surface area contributed by atoms with Crippen molar-refractivity contribution in [2.24, 2.45) is 0 Å². The topological polar surface area (TPSA) is 166 Å². The predicted molar refractivity (Wildman–Crippen MR) is 123 cm³/mol. The number of methoxy groups -OCH3 is 1. The number of aromatic nitrogens is 3. The second kappa shape index (κ2) is 9.35. The van der Waals surface area contributed by atoms with Crippen LogP contribution in [0.2, 0.25) is 0 Å². The molecule has 0 aliphatic carbocycles. The van der Waals surface area contributed by atoms with Gasteiger partial charge in [-0.1, -0.05) is 18.2 Å². The summed E-state index contributed by atoms with van der Waals surface area (Å²) in [5, 5.41) is 30.1. The first-order valence-corrected chi connectivity index (χ1v) is 10.0. The second-order valence-electron chi connectivity index (χ2n) is 7.20. The van der Waals surface area contributed by atoms with E-state index in [-0.39, 0.29) is 45.6 Å². The Morgan fingerprint density at radius 2 is 1.31 bits per heavy atom. The number of rotatable bonds is 7. The fourth-order valence-corrected chi connectivity index (χ4v) is 3.36. The van der Waals surface area contributed by atoms with Gasteiger partial charge < -0.3 is 14.9 Å². The van der Waals surface area contributed by atoms with Crippen LogP contribution in [-0.2, 0) is 0 Å². The lowest BCUT2D eigenvalue weighted by Gasteiger charge is -2.11. The van der Waals surface area contributed by atoms with Crippen molar-refractivity contribution in [1.29, 1.82) is 0 Å². The molecular weight excluding hydrogens is 456 g/mol. The molecular formula is C24H16N4O7. The highest BCUT2D eigenvalue weighted by Crippen LogP contribution is 2.35. The minimum absolute atomic E-state index is 0.0832. The van der Waals surface area contributed by atoms with Crippen LogP contribution in [0, 0.1) is 10.1 Å². The lowest BCUT2D eigenvalue weighted by Crippen LogP contribution is -2.03. The number of carboxylic acids is 2. The molecule has 0 atom stereocenters. The number of pyridine rings is 3. The number of aromatic carboxylic acids is 2. The molecule has 2 N–H and O–H groups in total. The van der Waals surface area contributed by atoms with E-state index in [1.54, 1.807) is 30.3 Å². The molecule has 35 heavy (non-hydrogen) atoms. The number of nitro groups is 1. The fraction of sp³-hybridized carbons (Fsp3) is 0.0417. The van der Waals surface area contributed by atoms with Gasteiger partial charge in [-0.15, -0.1) is 0 Å². The molecule has 1 aromatic carbocycles. The lowest BCUT2D eigenvalue weighted by atomic mass is 10.0. The number of hydrogen-bond donors (Lipinski definition) is 2. The van der Waals surface area contributed by atoms with Crippen LogP contribution in [0.15, 0.2) is 66.7 Å². The number of carbonyl (C=O) groups is 2. The zero-order valence-electron chi connectivity index (χ0n) is 18.1. The van der Waals surface area contributed by atoms with Crippen molar-refractivity contribution in [2.45, 2.75) is 0 Å². The van der Waals surface area contributed by atoms with Gasteiger partial charge in [-0.25, -0.2) is 24.5 Å². The summed E-state index contributed by atoms with van der Waals surface area (Å²) in [5.74, 6) is -2.35. The number of benzene rings is 1. The van der Waals surface area contributed by atoms with Gasteiger partial charge in [0.25, 0.3) is 0 Å². The van der Waals surface area contributed by atoms with Crippen molar-refractivity contribution in [3.63, 3.8) is 0 Å². The Hall–Kier alpha value is -5.19. The summed E-state index contributed by atoms with van der Waals surface area (Å²) >= 11 is 0. The van der Waals surface area contributed by atoms with Gasteiger partial charge in [0.1, 0.15) is 11.4 Å². The van der Waals surface area contributed by atoms with Crippen LogP contribution in [-0.4, -0.2) is 49.1 Å². The zero-order valence-corrected chi connectivity index (χ0v) is 18.1. The number of nitro benzene ring substituents is 1. The molecule has 0 unspecified atom stereocenters. The molecule has 3 heterocycles. The Morgan fingerprint density at radius 3 is 1.77 bits per heavy atom. The summed E-state index contributed by atoms with van der Waals surface area (Å²) in [6, 6.07) is 16.5. The van der Waals surface area contributed by atoms with Crippen LogP contribution >= 0.6 is 0 Å². The SMILES string of the molecule is COc1ccc(-c2cc(-c3cccc(C(=O)O)n3)nc(-c3cccc(C(=O)O)n3)c2)cc1[N+](=O)[O-]. The first-order chi connectivity index (χ1) is 16.8. The Labute approximate surface area is 197 Å². The van der Waals surface area contributed by atoms with Gasteiger partial charge in [-0.3, -0.25) is 10.1 Å². The normalized spacial score (nSPS) is 10.5. The minimum atomic E-state index is -1.22. The van der Waals surface area contributed by atoms with E-state index in [4.69, 9.17) is 4.74 Å². The summed E-state index contributed by atoms with van der Waals surface area (Å²) in [4.78, 5) is 46.5. The molecule has 0 aliphatic heterocycles. The van der Waals surface area contributed by atoms with Crippen LogP contribution in [0.25, 0.3) is 33.9 Å². The highest BCUT2D eigenvalue weighted by atomic mass is 16.6. The maximum Gasteiger partial charge on any atom is 0.354 e. The summed E-state index contributed by atoms with van der Waals surface area (Å²) in [5.41, 5.74) is 1.32. The van der Waals surface area contributed by atoms with Crippen LogP contribution < -0.4 is 4.74 Å². The van der Waals surface area contributed by atoms with E-state index >= 15 is 0 Å². The molecule has 3 aromatic heterocycles. The Bertz CT molecular complexity index is 1410. The van der Waals surface area contributed by atoms with Gasteiger partial charge in [0.2, 0.25) is 0 Å². The standard InChI is InChI=1S/C24H16N4O7/c1-35-22-9-8-13(12-21(22)28(33)34)14-10-19(15-4-2-6-17(25-15)23(29)30)27-20(11-14)16-5-3-7-18(26-16)24(31)32/h2-12H,1H3,(H,29,30)(H,31,32). The number of carboxylic acid groups (broad SMARTS) is 2. The third-order valence-corrected chi connectivity index (χ3v) is 5.00. The molecule has 0 fully saturated rings. The quantitative estimate of drug-likeness (QED) is 0.294. The van der Waals surface area contributed by atoms with Crippen molar-refractivity contribution in [3.05, 3.63) is 88.2 Å². The molecule has 174 valence electrons. The molecule has 0 radical (unpaired) electrons. The van der Waals surface area contributed by atoms with Crippen molar-refractivity contribution in [2.75, 3.05) is 7.11 Å². The van der Waals surface area contributed by atoms with E-state index in [0.29, 0.717) is 11.1 Å². The Kier molecular flexibility index (Phi) is 6.14. The maximum atomic E-state index is 11.5. The van der Waals surface area contributed by atoms with Gasteiger partial charge >= 0.3 is 17.6 Å². The smallest absolute Gasteiger partial charge is 0.354 e. The van der Waals surface area contributed by atoms with Gasteiger partial charge in [0.05, 0.1) is 34.8 Å². The van der Waals surface area contributed by atoms with E-state index in [1.807, 2.05) is 0 Å². The largest absolute Gasteiger partial charge is 0.490 e. The third-order valence-electron chi connectivity index (χ3n) is 5.00.